The zero-order valence-corrected chi connectivity index (χ0v) is 14.1. The summed E-state index contributed by atoms with van der Waals surface area (Å²) in [6.07, 6.45) is 1.46. The SMILES string of the molecule is Cc1cn(CP(=O)(c2ccccc2)c2ccccc2)c(=O)[nH]c1=O. The van der Waals surface area contributed by atoms with Crippen LogP contribution in [-0.2, 0) is 10.9 Å². The Balaban J connectivity index is 2.18. The number of rotatable bonds is 4. The number of nitrogens with zero attached hydrogens (tertiary/aromatic N) is 1. The highest BCUT2D eigenvalue weighted by atomic mass is 31.2. The third-order valence-electron chi connectivity index (χ3n) is 3.89. The zero-order valence-electron chi connectivity index (χ0n) is 13.2. The molecule has 0 bridgehead atoms. The average molecular weight is 340 g/mol. The Morgan fingerprint density at radius 1 is 0.917 bits per heavy atom. The topological polar surface area (TPSA) is 71.9 Å². The van der Waals surface area contributed by atoms with E-state index in [0.717, 1.165) is 0 Å². The predicted octanol–water partition coefficient (Wildman–Crippen LogP) is 1.82. The fraction of sp³-hybridized carbons (Fsp3) is 0.111. The Morgan fingerprint density at radius 2 is 1.42 bits per heavy atom. The highest BCUT2D eigenvalue weighted by Gasteiger charge is 2.28. The van der Waals surface area contributed by atoms with E-state index in [-0.39, 0.29) is 6.29 Å². The number of hydrogen-bond donors (Lipinski definition) is 1. The molecule has 0 aliphatic heterocycles. The van der Waals surface area contributed by atoms with Gasteiger partial charge in [0.05, 0.1) is 6.29 Å². The van der Waals surface area contributed by atoms with Crippen LogP contribution in [0, 0.1) is 6.92 Å². The van der Waals surface area contributed by atoms with Crippen LogP contribution in [0.4, 0.5) is 0 Å². The number of hydrogen-bond acceptors (Lipinski definition) is 3. The minimum atomic E-state index is -3.07. The van der Waals surface area contributed by atoms with Crippen molar-refractivity contribution in [3.05, 3.63) is 93.3 Å². The molecular formula is C18H17N2O3P. The lowest BCUT2D eigenvalue weighted by atomic mass is 10.4. The molecule has 24 heavy (non-hydrogen) atoms. The number of aryl methyl sites for hydroxylation is 1. The van der Waals surface area contributed by atoms with Crippen LogP contribution >= 0.6 is 7.14 Å². The molecule has 3 rings (SSSR count). The molecule has 0 saturated heterocycles. The Morgan fingerprint density at radius 3 is 1.92 bits per heavy atom. The van der Waals surface area contributed by atoms with Crippen LogP contribution in [-0.4, -0.2) is 9.55 Å². The summed E-state index contributed by atoms with van der Waals surface area (Å²) in [6.45, 7) is 1.62. The fourth-order valence-corrected chi connectivity index (χ4v) is 5.16. The molecule has 6 heteroatoms. The summed E-state index contributed by atoms with van der Waals surface area (Å²) in [7, 11) is -3.07. The Labute approximate surface area is 139 Å². The fourth-order valence-electron chi connectivity index (χ4n) is 2.59. The van der Waals surface area contributed by atoms with Gasteiger partial charge in [-0.2, -0.15) is 0 Å². The van der Waals surface area contributed by atoms with E-state index in [1.807, 2.05) is 36.4 Å². The van der Waals surface area contributed by atoms with Crippen molar-refractivity contribution >= 4 is 17.8 Å². The van der Waals surface area contributed by atoms with Gasteiger partial charge < -0.3 is 4.57 Å². The molecule has 1 N–H and O–H groups in total. The van der Waals surface area contributed by atoms with Crippen molar-refractivity contribution in [2.24, 2.45) is 0 Å². The van der Waals surface area contributed by atoms with Crippen LogP contribution in [0.1, 0.15) is 5.56 Å². The molecule has 0 radical (unpaired) electrons. The van der Waals surface area contributed by atoms with Gasteiger partial charge >= 0.3 is 5.69 Å². The molecule has 1 heterocycles. The Kier molecular flexibility index (Phi) is 4.36. The molecule has 0 aliphatic rings. The largest absolute Gasteiger partial charge is 0.328 e. The lowest BCUT2D eigenvalue weighted by Crippen LogP contribution is -2.33. The molecule has 0 amide bonds. The highest BCUT2D eigenvalue weighted by Crippen LogP contribution is 2.44. The summed E-state index contributed by atoms with van der Waals surface area (Å²) in [5, 5.41) is 1.35. The maximum atomic E-state index is 13.9. The highest BCUT2D eigenvalue weighted by molar-refractivity contribution is 7.77. The molecule has 0 aliphatic carbocycles. The van der Waals surface area contributed by atoms with Gasteiger partial charge in [-0.05, 0) is 6.92 Å². The third-order valence-corrected chi connectivity index (χ3v) is 6.85. The molecule has 0 unspecified atom stereocenters. The monoisotopic (exact) mass is 340 g/mol. The van der Waals surface area contributed by atoms with Gasteiger partial charge in [0.1, 0.15) is 0 Å². The first-order valence-electron chi connectivity index (χ1n) is 7.51. The molecule has 0 spiro atoms. The summed E-state index contributed by atoms with van der Waals surface area (Å²) < 4.78 is 15.2. The molecule has 2 aromatic carbocycles. The second kappa shape index (κ2) is 6.46. The van der Waals surface area contributed by atoms with Crippen molar-refractivity contribution < 1.29 is 4.57 Å². The van der Waals surface area contributed by atoms with Gasteiger partial charge in [0.15, 0.2) is 7.14 Å². The van der Waals surface area contributed by atoms with E-state index in [4.69, 9.17) is 0 Å². The van der Waals surface area contributed by atoms with Crippen LogP contribution in [0.25, 0.3) is 0 Å². The number of aromatic amines is 1. The smallest absolute Gasteiger partial charge is 0.312 e. The molecule has 1 aromatic heterocycles. The number of aromatic nitrogens is 2. The first kappa shape index (κ1) is 16.2. The van der Waals surface area contributed by atoms with E-state index in [2.05, 4.69) is 4.98 Å². The van der Waals surface area contributed by atoms with Crippen LogP contribution < -0.4 is 21.9 Å². The number of H-pyrrole nitrogens is 1. The molecule has 5 nitrogen and oxygen atoms in total. The van der Waals surface area contributed by atoms with E-state index < -0.39 is 18.4 Å². The van der Waals surface area contributed by atoms with Crippen molar-refractivity contribution in [3.63, 3.8) is 0 Å². The van der Waals surface area contributed by atoms with E-state index in [1.54, 1.807) is 31.2 Å². The minimum Gasteiger partial charge on any atom is -0.312 e. The van der Waals surface area contributed by atoms with Gasteiger partial charge in [0.25, 0.3) is 5.56 Å². The van der Waals surface area contributed by atoms with Gasteiger partial charge in [0, 0.05) is 22.4 Å². The van der Waals surface area contributed by atoms with Gasteiger partial charge in [-0.3, -0.25) is 14.3 Å². The van der Waals surface area contributed by atoms with Crippen molar-refractivity contribution in [3.8, 4) is 0 Å². The quantitative estimate of drug-likeness (QED) is 0.737. The van der Waals surface area contributed by atoms with Gasteiger partial charge in [-0.1, -0.05) is 60.7 Å². The maximum Gasteiger partial charge on any atom is 0.328 e. The summed E-state index contributed by atoms with van der Waals surface area (Å²) in [6, 6.07) is 18.2. The van der Waals surface area contributed by atoms with Crippen molar-refractivity contribution in [2.75, 3.05) is 0 Å². The van der Waals surface area contributed by atoms with Crippen LogP contribution in [0.2, 0.25) is 0 Å². The second-order valence-corrected chi connectivity index (χ2v) is 8.39. The molecule has 3 aromatic rings. The van der Waals surface area contributed by atoms with Crippen LogP contribution in [0.5, 0.6) is 0 Å². The number of benzene rings is 2. The Bertz CT molecular complexity index is 964. The first-order valence-corrected chi connectivity index (χ1v) is 9.40. The standard InChI is InChI=1S/C18H17N2O3P/c1-14-12-20(18(22)19-17(14)21)13-24(23,15-8-4-2-5-9-15)16-10-6-3-7-11-16/h2-12H,13H2,1H3,(H,19,21,22). The van der Waals surface area contributed by atoms with Crippen molar-refractivity contribution in [1.29, 1.82) is 0 Å². The molecule has 0 saturated carbocycles. The van der Waals surface area contributed by atoms with Gasteiger partial charge in [-0.15, -0.1) is 0 Å². The van der Waals surface area contributed by atoms with Crippen molar-refractivity contribution in [2.45, 2.75) is 13.2 Å². The number of nitrogens with one attached hydrogen (secondary N) is 1. The molecule has 0 atom stereocenters. The van der Waals surface area contributed by atoms with Crippen molar-refractivity contribution in [1.82, 2.24) is 9.55 Å². The lowest BCUT2D eigenvalue weighted by molar-refractivity contribution is 0.576. The zero-order chi connectivity index (χ0) is 17.2. The Hall–Kier alpha value is -2.65. The normalized spacial score (nSPS) is 11.4. The lowest BCUT2D eigenvalue weighted by Gasteiger charge is -2.20. The van der Waals surface area contributed by atoms with E-state index in [1.165, 1.54) is 10.8 Å². The molecular weight excluding hydrogens is 323 g/mol. The van der Waals surface area contributed by atoms with Crippen LogP contribution in [0.3, 0.4) is 0 Å². The first-order chi connectivity index (χ1) is 11.5. The summed E-state index contributed by atoms with van der Waals surface area (Å²) in [5.41, 5.74) is -0.578. The van der Waals surface area contributed by atoms with Gasteiger partial charge in [-0.25, -0.2) is 4.79 Å². The van der Waals surface area contributed by atoms with E-state index in [0.29, 0.717) is 16.2 Å². The maximum absolute atomic E-state index is 13.9. The molecule has 0 fully saturated rings. The summed E-state index contributed by atoms with van der Waals surface area (Å²) >= 11 is 0. The summed E-state index contributed by atoms with van der Waals surface area (Å²) in [5.74, 6) is 0. The average Bonchev–Trinajstić information content (AvgIpc) is 2.61. The van der Waals surface area contributed by atoms with E-state index in [9.17, 15) is 14.2 Å². The predicted molar refractivity (Wildman–Crippen MR) is 95.8 cm³/mol. The second-order valence-electron chi connectivity index (χ2n) is 5.59. The molecule has 122 valence electrons. The van der Waals surface area contributed by atoms with E-state index >= 15 is 0 Å². The van der Waals surface area contributed by atoms with Crippen LogP contribution in [0.15, 0.2) is 76.4 Å². The minimum absolute atomic E-state index is 0.00250. The van der Waals surface area contributed by atoms with Gasteiger partial charge in [0.2, 0.25) is 0 Å². The summed E-state index contributed by atoms with van der Waals surface area (Å²) in [4.78, 5) is 25.9. The third kappa shape index (κ3) is 3.03.